The zero-order valence-corrected chi connectivity index (χ0v) is 11.5. The third-order valence-corrected chi connectivity index (χ3v) is 2.66. The van der Waals surface area contributed by atoms with Crippen LogP contribution in [0.5, 0.6) is 6.01 Å². The molecule has 0 unspecified atom stereocenters. The van der Waals surface area contributed by atoms with Crippen LogP contribution in [-0.4, -0.2) is 28.6 Å². The van der Waals surface area contributed by atoms with Gasteiger partial charge in [-0.15, -0.1) is 0 Å². The minimum atomic E-state index is 0.361. The molecule has 0 amide bonds. The van der Waals surface area contributed by atoms with Crippen molar-refractivity contribution in [3.8, 4) is 17.4 Å². The second-order valence-corrected chi connectivity index (χ2v) is 4.18. The van der Waals surface area contributed by atoms with Crippen LogP contribution in [0.15, 0.2) is 24.3 Å². The number of aromatic nitrogens is 3. The van der Waals surface area contributed by atoms with Crippen LogP contribution in [0.1, 0.15) is 18.9 Å². The zero-order chi connectivity index (χ0) is 13.7. The predicted octanol–water partition coefficient (Wildman–Crippen LogP) is 2.68. The molecular formula is C14H18N4O. The maximum absolute atomic E-state index is 5.50. The Labute approximate surface area is 113 Å². The number of rotatable bonds is 5. The average Bonchev–Trinajstić information content (AvgIpc) is 2.45. The molecule has 0 bridgehead atoms. The van der Waals surface area contributed by atoms with Gasteiger partial charge in [0.05, 0.1) is 6.61 Å². The Bertz CT molecular complexity index is 557. The number of hydrogen-bond acceptors (Lipinski definition) is 5. The molecule has 0 saturated heterocycles. The summed E-state index contributed by atoms with van der Waals surface area (Å²) in [5.74, 6) is 1.14. The highest BCUT2D eigenvalue weighted by Gasteiger charge is 2.10. The lowest BCUT2D eigenvalue weighted by Crippen LogP contribution is -2.06. The highest BCUT2D eigenvalue weighted by atomic mass is 16.5. The van der Waals surface area contributed by atoms with Crippen molar-refractivity contribution in [1.82, 2.24) is 15.0 Å². The van der Waals surface area contributed by atoms with E-state index in [1.54, 1.807) is 7.05 Å². The van der Waals surface area contributed by atoms with Crippen LogP contribution < -0.4 is 10.1 Å². The zero-order valence-electron chi connectivity index (χ0n) is 11.5. The molecule has 0 aliphatic rings. The molecule has 2 rings (SSSR count). The molecule has 0 fully saturated rings. The molecule has 1 N–H and O–H groups in total. The number of hydrogen-bond donors (Lipinski definition) is 1. The summed E-state index contributed by atoms with van der Waals surface area (Å²) < 4.78 is 5.50. The third-order valence-electron chi connectivity index (χ3n) is 2.66. The maximum Gasteiger partial charge on any atom is 0.321 e. The van der Waals surface area contributed by atoms with E-state index in [1.165, 1.54) is 0 Å². The Hall–Kier alpha value is -2.17. The van der Waals surface area contributed by atoms with Gasteiger partial charge in [-0.1, -0.05) is 31.2 Å². The molecule has 1 aromatic heterocycles. The van der Waals surface area contributed by atoms with E-state index in [0.717, 1.165) is 17.5 Å². The molecule has 2 aromatic rings. The Morgan fingerprint density at radius 1 is 1.16 bits per heavy atom. The van der Waals surface area contributed by atoms with Gasteiger partial charge in [0.2, 0.25) is 5.95 Å². The second-order valence-electron chi connectivity index (χ2n) is 4.18. The summed E-state index contributed by atoms with van der Waals surface area (Å²) in [7, 11) is 1.78. The van der Waals surface area contributed by atoms with Gasteiger partial charge in [0.25, 0.3) is 0 Å². The Morgan fingerprint density at radius 2 is 1.95 bits per heavy atom. The lowest BCUT2D eigenvalue weighted by molar-refractivity contribution is 0.292. The number of anilines is 1. The molecule has 5 heteroatoms. The lowest BCUT2D eigenvalue weighted by atomic mass is 10.1. The van der Waals surface area contributed by atoms with Gasteiger partial charge in [-0.25, -0.2) is 0 Å². The van der Waals surface area contributed by atoms with E-state index < -0.39 is 0 Å². The predicted molar refractivity (Wildman–Crippen MR) is 75.3 cm³/mol. The van der Waals surface area contributed by atoms with E-state index in [-0.39, 0.29) is 0 Å². The van der Waals surface area contributed by atoms with Gasteiger partial charge in [0, 0.05) is 12.6 Å². The van der Waals surface area contributed by atoms with Crippen molar-refractivity contribution in [3.63, 3.8) is 0 Å². The van der Waals surface area contributed by atoms with Gasteiger partial charge in [0.1, 0.15) is 0 Å². The van der Waals surface area contributed by atoms with E-state index in [1.807, 2.05) is 38.1 Å². The summed E-state index contributed by atoms with van der Waals surface area (Å²) in [5, 5.41) is 2.93. The van der Waals surface area contributed by atoms with E-state index in [2.05, 4.69) is 20.3 Å². The van der Waals surface area contributed by atoms with Gasteiger partial charge in [-0.05, 0) is 18.9 Å². The monoisotopic (exact) mass is 258 g/mol. The van der Waals surface area contributed by atoms with Crippen LogP contribution in [0.4, 0.5) is 5.95 Å². The molecule has 19 heavy (non-hydrogen) atoms. The quantitative estimate of drug-likeness (QED) is 0.893. The minimum Gasteiger partial charge on any atom is -0.463 e. The first-order chi connectivity index (χ1) is 9.24. The Kier molecular flexibility index (Phi) is 4.28. The first-order valence-corrected chi connectivity index (χ1v) is 6.37. The molecule has 1 heterocycles. The smallest absolute Gasteiger partial charge is 0.321 e. The largest absolute Gasteiger partial charge is 0.463 e. The van der Waals surface area contributed by atoms with E-state index >= 15 is 0 Å². The molecule has 0 spiro atoms. The fourth-order valence-electron chi connectivity index (χ4n) is 1.67. The van der Waals surface area contributed by atoms with Crippen molar-refractivity contribution in [3.05, 3.63) is 29.8 Å². The average molecular weight is 258 g/mol. The molecule has 1 aromatic carbocycles. The van der Waals surface area contributed by atoms with Gasteiger partial charge in [-0.3, -0.25) is 0 Å². The minimum absolute atomic E-state index is 0.361. The van der Waals surface area contributed by atoms with Gasteiger partial charge < -0.3 is 10.1 Å². The van der Waals surface area contributed by atoms with Crippen molar-refractivity contribution in [2.45, 2.75) is 20.3 Å². The normalized spacial score (nSPS) is 10.3. The van der Waals surface area contributed by atoms with Crippen LogP contribution in [0.3, 0.4) is 0 Å². The first-order valence-electron chi connectivity index (χ1n) is 6.37. The number of nitrogens with zero attached hydrogens (tertiary/aromatic N) is 3. The highest BCUT2D eigenvalue weighted by molar-refractivity contribution is 5.60. The van der Waals surface area contributed by atoms with Crippen molar-refractivity contribution < 1.29 is 4.74 Å². The molecule has 5 nitrogen and oxygen atoms in total. The van der Waals surface area contributed by atoms with E-state index in [9.17, 15) is 0 Å². The fourth-order valence-corrected chi connectivity index (χ4v) is 1.67. The van der Waals surface area contributed by atoms with Crippen molar-refractivity contribution in [1.29, 1.82) is 0 Å². The molecule has 0 saturated carbocycles. The lowest BCUT2D eigenvalue weighted by Gasteiger charge is -2.08. The number of nitrogens with one attached hydrogen (secondary N) is 1. The van der Waals surface area contributed by atoms with Crippen molar-refractivity contribution in [2.24, 2.45) is 0 Å². The summed E-state index contributed by atoms with van der Waals surface area (Å²) >= 11 is 0. The SMILES string of the molecule is CCCOc1nc(NC)nc(-c2ccccc2C)n1. The summed E-state index contributed by atoms with van der Waals surface area (Å²) in [4.78, 5) is 12.9. The van der Waals surface area contributed by atoms with Crippen LogP contribution in [0.25, 0.3) is 11.4 Å². The van der Waals surface area contributed by atoms with Gasteiger partial charge >= 0.3 is 6.01 Å². The first kappa shape index (κ1) is 13.3. The number of aryl methyl sites for hydroxylation is 1. The fraction of sp³-hybridized carbons (Fsp3) is 0.357. The molecule has 0 aliphatic carbocycles. The van der Waals surface area contributed by atoms with Crippen LogP contribution in [-0.2, 0) is 0 Å². The summed E-state index contributed by atoms with van der Waals surface area (Å²) in [5.41, 5.74) is 2.11. The number of benzene rings is 1. The van der Waals surface area contributed by atoms with Gasteiger partial charge in [0.15, 0.2) is 5.82 Å². The topological polar surface area (TPSA) is 59.9 Å². The number of ether oxygens (including phenoxy) is 1. The second kappa shape index (κ2) is 6.13. The van der Waals surface area contributed by atoms with Crippen molar-refractivity contribution >= 4 is 5.95 Å². The molecule has 0 radical (unpaired) electrons. The molecule has 0 aliphatic heterocycles. The standard InChI is InChI=1S/C14H18N4O/c1-4-9-19-14-17-12(16-13(15-3)18-14)11-8-6-5-7-10(11)2/h5-8H,4,9H2,1-3H3,(H,15,16,17,18). The summed E-state index contributed by atoms with van der Waals surface area (Å²) in [6, 6.07) is 8.35. The Balaban J connectivity index is 2.42. The van der Waals surface area contributed by atoms with E-state index in [0.29, 0.717) is 24.4 Å². The van der Waals surface area contributed by atoms with Crippen molar-refractivity contribution in [2.75, 3.05) is 19.0 Å². The van der Waals surface area contributed by atoms with Gasteiger partial charge in [-0.2, -0.15) is 15.0 Å². The summed E-state index contributed by atoms with van der Waals surface area (Å²) in [6.07, 6.45) is 0.917. The third kappa shape index (κ3) is 3.19. The van der Waals surface area contributed by atoms with Crippen LogP contribution in [0, 0.1) is 6.92 Å². The Morgan fingerprint density at radius 3 is 2.63 bits per heavy atom. The summed E-state index contributed by atoms with van der Waals surface area (Å²) in [6.45, 7) is 4.67. The molecule has 100 valence electrons. The molecule has 0 atom stereocenters. The highest BCUT2D eigenvalue weighted by Crippen LogP contribution is 2.21. The van der Waals surface area contributed by atoms with Crippen LogP contribution in [0.2, 0.25) is 0 Å². The molecular weight excluding hydrogens is 240 g/mol. The van der Waals surface area contributed by atoms with E-state index in [4.69, 9.17) is 4.74 Å². The van der Waals surface area contributed by atoms with Crippen LogP contribution >= 0.6 is 0 Å². The maximum atomic E-state index is 5.50.